The van der Waals surface area contributed by atoms with Crippen molar-refractivity contribution in [2.45, 2.75) is 89.6 Å². The van der Waals surface area contributed by atoms with Crippen molar-refractivity contribution >= 4 is 34.1 Å². The Balaban J connectivity index is 0.998. The number of benzene rings is 2. The number of phenols is 1. The molecule has 2 aliphatic rings. The van der Waals surface area contributed by atoms with E-state index in [1.165, 1.54) is 42.3 Å². The first-order valence-electron chi connectivity index (χ1n) is 15.1. The normalized spacial score (nSPS) is 17.8. The summed E-state index contributed by atoms with van der Waals surface area (Å²) >= 11 is 6.25. The van der Waals surface area contributed by atoms with Crippen LogP contribution in [0.4, 0.5) is 5.69 Å². The summed E-state index contributed by atoms with van der Waals surface area (Å²) in [5, 5.41) is 18.7. The Morgan fingerprint density at radius 1 is 1.07 bits per heavy atom. The number of carbonyl (C=O) groups is 1. The summed E-state index contributed by atoms with van der Waals surface area (Å²) in [4.78, 5) is 17.6. The molecule has 3 N–H and O–H groups in total. The summed E-state index contributed by atoms with van der Waals surface area (Å²) in [7, 11) is 1.51. The third-order valence-electron chi connectivity index (χ3n) is 8.38. The van der Waals surface area contributed by atoms with Crippen LogP contribution in [0, 0.1) is 0 Å². The predicted molar refractivity (Wildman–Crippen MR) is 165 cm³/mol. The maximum atomic E-state index is 12.7. The van der Waals surface area contributed by atoms with Crippen molar-refractivity contribution in [3.63, 3.8) is 0 Å². The Morgan fingerprint density at radius 2 is 1.85 bits per heavy atom. The van der Waals surface area contributed by atoms with Crippen LogP contribution in [0.25, 0.3) is 10.9 Å². The molecule has 8 heteroatoms. The Bertz CT molecular complexity index is 1390. The van der Waals surface area contributed by atoms with Gasteiger partial charge in [-0.1, -0.05) is 30.9 Å². The van der Waals surface area contributed by atoms with Crippen molar-refractivity contribution in [2.75, 3.05) is 25.5 Å². The second-order valence-electron chi connectivity index (χ2n) is 11.7. The summed E-state index contributed by atoms with van der Waals surface area (Å²) in [5.41, 5.74) is 5.22. The third kappa shape index (κ3) is 7.18. The number of pyridine rings is 1. The second kappa shape index (κ2) is 13.2. The topological polar surface area (TPSA) is 92.7 Å². The number of methoxy groups -OCH3 is 1. The van der Waals surface area contributed by atoms with Crippen molar-refractivity contribution < 1.29 is 19.4 Å². The summed E-state index contributed by atoms with van der Waals surface area (Å²) in [6, 6.07) is 9.42. The maximum absolute atomic E-state index is 12.7. The molecule has 0 fully saturated rings. The van der Waals surface area contributed by atoms with Gasteiger partial charge in [0.15, 0.2) is 11.5 Å². The molecular formula is C33H42ClN3O4. The molecule has 0 radical (unpaired) electrons. The lowest BCUT2D eigenvalue weighted by molar-refractivity contribution is -0.125. The molecule has 7 nitrogen and oxygen atoms in total. The molecule has 1 amide bonds. The molecule has 2 aromatic carbocycles. The molecule has 220 valence electrons. The Labute approximate surface area is 248 Å². The molecule has 1 aliphatic carbocycles. The standard InChI is InChI=1S/C33H42ClN3O4/c1-33(15-14-22-18-28(38)30(40-2)20-29(22)41-33)21-31(39)35-16-8-4-3-5-9-17-36-32-24-10-6-7-11-26(24)37-27-19-23(34)12-13-25(27)32/h12-13,18-20,38H,3-11,14-17,21H2,1-2H3,(H,35,39)(H,36,37). The smallest absolute Gasteiger partial charge is 0.224 e. The zero-order valence-electron chi connectivity index (χ0n) is 24.3. The van der Waals surface area contributed by atoms with Gasteiger partial charge < -0.3 is 25.2 Å². The van der Waals surface area contributed by atoms with Gasteiger partial charge in [-0.15, -0.1) is 0 Å². The van der Waals surface area contributed by atoms with Crippen LogP contribution >= 0.6 is 11.6 Å². The third-order valence-corrected chi connectivity index (χ3v) is 8.61. The fourth-order valence-corrected chi connectivity index (χ4v) is 6.28. The molecule has 1 aliphatic heterocycles. The van der Waals surface area contributed by atoms with Gasteiger partial charge in [-0.2, -0.15) is 0 Å². The van der Waals surface area contributed by atoms with E-state index < -0.39 is 5.60 Å². The van der Waals surface area contributed by atoms with Gasteiger partial charge in [0.2, 0.25) is 5.91 Å². The second-order valence-corrected chi connectivity index (χ2v) is 12.1. The molecule has 1 aromatic heterocycles. The minimum absolute atomic E-state index is 0.0140. The lowest BCUT2D eigenvalue weighted by atomic mass is 9.89. The number of hydrogen-bond acceptors (Lipinski definition) is 6. The summed E-state index contributed by atoms with van der Waals surface area (Å²) < 4.78 is 11.4. The molecule has 1 atom stereocenters. The number of anilines is 1. The van der Waals surface area contributed by atoms with Crippen molar-refractivity contribution in [3.05, 3.63) is 52.2 Å². The number of unbranched alkanes of at least 4 members (excludes halogenated alkanes) is 4. The van der Waals surface area contributed by atoms with Gasteiger partial charge in [0, 0.05) is 40.9 Å². The number of fused-ring (bicyclic) bond motifs is 3. The molecule has 0 saturated heterocycles. The van der Waals surface area contributed by atoms with Gasteiger partial charge in [-0.05, 0) is 93.7 Å². The first kappa shape index (κ1) is 29.3. The number of nitrogens with zero attached hydrogens (tertiary/aromatic N) is 1. The Hall–Kier alpha value is -3.19. The van der Waals surface area contributed by atoms with Crippen molar-refractivity contribution in [1.82, 2.24) is 10.3 Å². The van der Waals surface area contributed by atoms with Gasteiger partial charge >= 0.3 is 0 Å². The molecule has 41 heavy (non-hydrogen) atoms. The van der Waals surface area contributed by atoms with Crippen LogP contribution in [-0.4, -0.2) is 41.8 Å². The SMILES string of the molecule is COc1cc2c(cc1O)CCC(C)(CC(=O)NCCCCCCCNc1c3c(nc4cc(Cl)ccc14)CCCC3)O2. The molecule has 3 aromatic rings. The van der Waals surface area contributed by atoms with Crippen LogP contribution in [0.15, 0.2) is 30.3 Å². The molecule has 0 bridgehead atoms. The highest BCUT2D eigenvalue weighted by atomic mass is 35.5. The summed E-state index contributed by atoms with van der Waals surface area (Å²) in [5.74, 6) is 1.18. The van der Waals surface area contributed by atoms with E-state index in [2.05, 4.69) is 16.7 Å². The number of amides is 1. The zero-order valence-corrected chi connectivity index (χ0v) is 25.0. The number of aromatic hydroxyl groups is 1. The van der Waals surface area contributed by atoms with E-state index in [0.29, 0.717) is 24.5 Å². The maximum Gasteiger partial charge on any atom is 0.224 e. The van der Waals surface area contributed by atoms with Crippen molar-refractivity contribution in [1.29, 1.82) is 0 Å². The van der Waals surface area contributed by atoms with Crippen LogP contribution < -0.4 is 20.1 Å². The predicted octanol–water partition coefficient (Wildman–Crippen LogP) is 7.13. The van der Waals surface area contributed by atoms with Gasteiger partial charge in [-0.25, -0.2) is 0 Å². The Kier molecular flexibility index (Phi) is 9.43. The molecular weight excluding hydrogens is 538 g/mol. The van der Waals surface area contributed by atoms with Gasteiger partial charge in [-0.3, -0.25) is 9.78 Å². The van der Waals surface area contributed by atoms with E-state index in [0.717, 1.165) is 80.4 Å². The van der Waals surface area contributed by atoms with Gasteiger partial charge in [0.25, 0.3) is 0 Å². The lowest BCUT2D eigenvalue weighted by Crippen LogP contribution is -2.41. The fraction of sp³-hybridized carbons (Fsp3) is 0.515. The van der Waals surface area contributed by atoms with Crippen LogP contribution in [0.2, 0.25) is 5.02 Å². The molecule has 5 rings (SSSR count). The average molecular weight is 580 g/mol. The Morgan fingerprint density at radius 3 is 2.68 bits per heavy atom. The fourth-order valence-electron chi connectivity index (χ4n) is 6.11. The summed E-state index contributed by atoms with van der Waals surface area (Å²) in [6.45, 7) is 3.60. The van der Waals surface area contributed by atoms with E-state index in [4.69, 9.17) is 26.1 Å². The minimum Gasteiger partial charge on any atom is -0.504 e. The van der Waals surface area contributed by atoms with E-state index in [1.54, 1.807) is 12.1 Å². The lowest BCUT2D eigenvalue weighted by Gasteiger charge is -2.35. The highest BCUT2D eigenvalue weighted by molar-refractivity contribution is 6.31. The van der Waals surface area contributed by atoms with Gasteiger partial charge in [0.05, 0.1) is 19.0 Å². The number of aromatic nitrogens is 1. The number of nitrogens with one attached hydrogen (secondary N) is 2. The van der Waals surface area contributed by atoms with Crippen LogP contribution in [0.3, 0.4) is 0 Å². The molecule has 0 saturated carbocycles. The molecule has 1 unspecified atom stereocenters. The first-order valence-corrected chi connectivity index (χ1v) is 15.4. The highest BCUT2D eigenvalue weighted by Gasteiger charge is 2.34. The minimum atomic E-state index is -0.572. The molecule has 2 heterocycles. The largest absolute Gasteiger partial charge is 0.504 e. The number of hydrogen-bond donors (Lipinski definition) is 3. The number of ether oxygens (including phenoxy) is 2. The van der Waals surface area contributed by atoms with E-state index >= 15 is 0 Å². The number of carbonyl (C=O) groups excluding carboxylic acids is 1. The molecule has 0 spiro atoms. The van der Waals surface area contributed by atoms with E-state index in [-0.39, 0.29) is 11.7 Å². The van der Waals surface area contributed by atoms with Crippen LogP contribution in [0.1, 0.15) is 81.5 Å². The van der Waals surface area contributed by atoms with Crippen molar-refractivity contribution in [2.24, 2.45) is 0 Å². The van der Waals surface area contributed by atoms with Crippen molar-refractivity contribution in [3.8, 4) is 17.2 Å². The van der Waals surface area contributed by atoms with Crippen LogP contribution in [-0.2, 0) is 24.1 Å². The monoisotopic (exact) mass is 579 g/mol. The van der Waals surface area contributed by atoms with Crippen LogP contribution in [0.5, 0.6) is 17.2 Å². The van der Waals surface area contributed by atoms with E-state index in [1.807, 2.05) is 19.1 Å². The number of halogens is 1. The van der Waals surface area contributed by atoms with Gasteiger partial charge in [0.1, 0.15) is 11.4 Å². The average Bonchev–Trinajstić information content (AvgIpc) is 2.95. The number of rotatable bonds is 12. The highest BCUT2D eigenvalue weighted by Crippen LogP contribution is 2.41. The number of aryl methyl sites for hydroxylation is 2. The first-order chi connectivity index (χ1) is 19.8. The van der Waals surface area contributed by atoms with E-state index in [9.17, 15) is 9.90 Å². The number of phenolic OH excluding ortho intramolecular Hbond substituents is 1. The zero-order chi connectivity index (χ0) is 28.8. The summed E-state index contributed by atoms with van der Waals surface area (Å²) in [6.07, 6.45) is 11.8. The quantitative estimate of drug-likeness (QED) is 0.198.